The maximum atomic E-state index is 3.69. The molecule has 0 aliphatic heterocycles. The number of nitrogens with one attached hydrogen (secondary N) is 1. The minimum absolute atomic E-state index is 0.396. The van der Waals surface area contributed by atoms with Crippen LogP contribution < -0.4 is 5.32 Å². The summed E-state index contributed by atoms with van der Waals surface area (Å²) in [7, 11) is 0. The van der Waals surface area contributed by atoms with Crippen molar-refractivity contribution in [3.63, 3.8) is 0 Å². The summed E-state index contributed by atoms with van der Waals surface area (Å²) in [5.41, 5.74) is 6.86. The van der Waals surface area contributed by atoms with Gasteiger partial charge >= 0.3 is 0 Å². The lowest BCUT2D eigenvalue weighted by Crippen LogP contribution is -2.24. The summed E-state index contributed by atoms with van der Waals surface area (Å²) in [5.74, 6) is 0. The van der Waals surface area contributed by atoms with Crippen LogP contribution in [-0.4, -0.2) is 6.54 Å². The van der Waals surface area contributed by atoms with E-state index in [9.17, 15) is 0 Å². The monoisotopic (exact) mass is 281 g/mol. The van der Waals surface area contributed by atoms with Crippen molar-refractivity contribution in [1.29, 1.82) is 0 Å². The molecule has 2 rings (SSSR count). The normalized spacial score (nSPS) is 12.4. The van der Waals surface area contributed by atoms with E-state index in [1.807, 2.05) is 0 Å². The zero-order valence-electron chi connectivity index (χ0n) is 13.7. The first kappa shape index (κ1) is 15.8. The highest BCUT2D eigenvalue weighted by molar-refractivity contribution is 5.32. The zero-order valence-corrected chi connectivity index (χ0v) is 13.7. The van der Waals surface area contributed by atoms with Gasteiger partial charge in [0.05, 0.1) is 0 Å². The third-order valence-electron chi connectivity index (χ3n) is 4.13. The van der Waals surface area contributed by atoms with E-state index in [2.05, 4.69) is 75.5 Å². The molecule has 112 valence electrons. The number of benzene rings is 2. The van der Waals surface area contributed by atoms with Crippen molar-refractivity contribution >= 4 is 0 Å². The molecule has 1 N–H and O–H groups in total. The standard InChI is InChI=1S/C20H27N/c1-5-12-21-20(19-10-6-15(2)7-11-19)14-18-9-8-16(3)17(4)13-18/h6-11,13,20-21H,5,12,14H2,1-4H3. The minimum Gasteiger partial charge on any atom is -0.310 e. The van der Waals surface area contributed by atoms with Gasteiger partial charge in [-0.3, -0.25) is 0 Å². The SMILES string of the molecule is CCCNC(Cc1ccc(C)c(C)c1)c1ccc(C)cc1. The van der Waals surface area contributed by atoms with Crippen molar-refractivity contribution in [3.8, 4) is 0 Å². The molecule has 0 amide bonds. The summed E-state index contributed by atoms with van der Waals surface area (Å²) in [5, 5.41) is 3.69. The largest absolute Gasteiger partial charge is 0.310 e. The molecule has 0 bridgehead atoms. The van der Waals surface area contributed by atoms with Gasteiger partial charge in [0.15, 0.2) is 0 Å². The molecule has 0 saturated carbocycles. The van der Waals surface area contributed by atoms with Crippen LogP contribution >= 0.6 is 0 Å². The van der Waals surface area contributed by atoms with Gasteiger partial charge in [0.25, 0.3) is 0 Å². The topological polar surface area (TPSA) is 12.0 Å². The lowest BCUT2D eigenvalue weighted by molar-refractivity contribution is 0.529. The van der Waals surface area contributed by atoms with Crippen LogP contribution in [0.15, 0.2) is 42.5 Å². The number of rotatable bonds is 6. The molecule has 0 aliphatic carbocycles. The Balaban J connectivity index is 2.19. The van der Waals surface area contributed by atoms with E-state index in [1.54, 1.807) is 0 Å². The highest BCUT2D eigenvalue weighted by atomic mass is 14.9. The molecule has 21 heavy (non-hydrogen) atoms. The average molecular weight is 281 g/mol. The third-order valence-corrected chi connectivity index (χ3v) is 4.13. The van der Waals surface area contributed by atoms with Gasteiger partial charge in [-0.05, 0) is 62.4 Å². The summed E-state index contributed by atoms with van der Waals surface area (Å²) in [4.78, 5) is 0. The molecule has 1 atom stereocenters. The maximum Gasteiger partial charge on any atom is 0.0360 e. The van der Waals surface area contributed by atoms with E-state index in [0.29, 0.717) is 6.04 Å². The number of hydrogen-bond acceptors (Lipinski definition) is 1. The lowest BCUT2D eigenvalue weighted by Gasteiger charge is -2.20. The second-order valence-corrected chi connectivity index (χ2v) is 6.04. The predicted octanol–water partition coefficient (Wildman–Crippen LogP) is 4.90. The fourth-order valence-electron chi connectivity index (χ4n) is 2.59. The van der Waals surface area contributed by atoms with Crippen molar-refractivity contribution in [3.05, 3.63) is 70.3 Å². The highest BCUT2D eigenvalue weighted by Crippen LogP contribution is 2.21. The van der Waals surface area contributed by atoms with Gasteiger partial charge < -0.3 is 5.32 Å². The van der Waals surface area contributed by atoms with Crippen molar-refractivity contribution in [2.45, 2.75) is 46.6 Å². The molecular weight excluding hydrogens is 254 g/mol. The van der Waals surface area contributed by atoms with Crippen LogP contribution in [-0.2, 0) is 6.42 Å². The molecule has 1 heteroatoms. The van der Waals surface area contributed by atoms with E-state index >= 15 is 0 Å². The molecule has 1 nitrogen and oxygen atoms in total. The van der Waals surface area contributed by atoms with Crippen LogP contribution in [0.5, 0.6) is 0 Å². The van der Waals surface area contributed by atoms with Crippen LogP contribution in [0.3, 0.4) is 0 Å². The van der Waals surface area contributed by atoms with E-state index in [0.717, 1.165) is 19.4 Å². The Bertz CT molecular complexity index is 569. The summed E-state index contributed by atoms with van der Waals surface area (Å²) in [6.45, 7) is 9.78. The molecule has 0 fully saturated rings. The molecule has 2 aromatic carbocycles. The molecule has 1 unspecified atom stereocenters. The van der Waals surface area contributed by atoms with Gasteiger partial charge in [0.1, 0.15) is 0 Å². The Labute approximate surface area is 129 Å². The molecule has 0 aromatic heterocycles. The Morgan fingerprint density at radius 3 is 2.24 bits per heavy atom. The minimum atomic E-state index is 0.396. The first-order valence-electron chi connectivity index (χ1n) is 7.96. The second-order valence-electron chi connectivity index (χ2n) is 6.04. The van der Waals surface area contributed by atoms with Crippen LogP contribution in [0.25, 0.3) is 0 Å². The maximum absolute atomic E-state index is 3.69. The first-order chi connectivity index (χ1) is 10.1. The Hall–Kier alpha value is -1.60. The summed E-state index contributed by atoms with van der Waals surface area (Å²) in [6.07, 6.45) is 2.21. The van der Waals surface area contributed by atoms with Crippen LogP contribution in [0.4, 0.5) is 0 Å². The fraction of sp³-hybridized carbons (Fsp3) is 0.400. The summed E-state index contributed by atoms with van der Waals surface area (Å²) >= 11 is 0. The van der Waals surface area contributed by atoms with Gasteiger partial charge in [-0.25, -0.2) is 0 Å². The van der Waals surface area contributed by atoms with Gasteiger partial charge in [-0.2, -0.15) is 0 Å². The average Bonchev–Trinajstić information content (AvgIpc) is 2.48. The van der Waals surface area contributed by atoms with E-state index in [4.69, 9.17) is 0 Å². The van der Waals surface area contributed by atoms with Crippen LogP contribution in [0.1, 0.15) is 47.2 Å². The van der Waals surface area contributed by atoms with E-state index < -0.39 is 0 Å². The van der Waals surface area contributed by atoms with Crippen LogP contribution in [0, 0.1) is 20.8 Å². The summed E-state index contributed by atoms with van der Waals surface area (Å²) < 4.78 is 0. The first-order valence-corrected chi connectivity index (χ1v) is 7.96. The quantitative estimate of drug-likeness (QED) is 0.794. The Morgan fingerprint density at radius 1 is 0.905 bits per heavy atom. The fourth-order valence-corrected chi connectivity index (χ4v) is 2.59. The van der Waals surface area contributed by atoms with Gasteiger partial charge in [0.2, 0.25) is 0 Å². The van der Waals surface area contributed by atoms with Crippen molar-refractivity contribution in [2.24, 2.45) is 0 Å². The molecular formula is C20H27N. The zero-order chi connectivity index (χ0) is 15.2. The lowest BCUT2D eigenvalue weighted by atomic mass is 9.96. The molecule has 0 heterocycles. The number of hydrogen-bond donors (Lipinski definition) is 1. The highest BCUT2D eigenvalue weighted by Gasteiger charge is 2.11. The molecule has 0 saturated heterocycles. The predicted molar refractivity (Wildman–Crippen MR) is 91.8 cm³/mol. The van der Waals surface area contributed by atoms with Crippen molar-refractivity contribution < 1.29 is 0 Å². The van der Waals surface area contributed by atoms with Gasteiger partial charge in [-0.15, -0.1) is 0 Å². The third kappa shape index (κ3) is 4.44. The van der Waals surface area contributed by atoms with E-state index in [1.165, 1.54) is 27.8 Å². The Morgan fingerprint density at radius 2 is 1.62 bits per heavy atom. The van der Waals surface area contributed by atoms with E-state index in [-0.39, 0.29) is 0 Å². The Kier molecular flexibility index (Phi) is 5.58. The number of aryl methyl sites for hydroxylation is 3. The smallest absolute Gasteiger partial charge is 0.0360 e. The molecule has 0 radical (unpaired) electrons. The van der Waals surface area contributed by atoms with Crippen molar-refractivity contribution in [2.75, 3.05) is 6.54 Å². The molecule has 0 spiro atoms. The molecule has 0 aliphatic rings. The van der Waals surface area contributed by atoms with Crippen LogP contribution in [0.2, 0.25) is 0 Å². The summed E-state index contributed by atoms with van der Waals surface area (Å²) in [6, 6.07) is 16.1. The second kappa shape index (κ2) is 7.42. The molecule has 2 aromatic rings. The van der Waals surface area contributed by atoms with Gasteiger partial charge in [-0.1, -0.05) is 55.0 Å². The van der Waals surface area contributed by atoms with Crippen molar-refractivity contribution in [1.82, 2.24) is 5.32 Å². The van der Waals surface area contributed by atoms with Gasteiger partial charge in [0, 0.05) is 6.04 Å².